The average Bonchev–Trinajstić information content (AvgIpc) is 2.59. The summed E-state index contributed by atoms with van der Waals surface area (Å²) in [4.78, 5) is 1.20. The van der Waals surface area contributed by atoms with E-state index in [0.717, 1.165) is 10.9 Å². The van der Waals surface area contributed by atoms with Gasteiger partial charge in [0.25, 0.3) is 0 Å². The monoisotopic (exact) mass is 331 g/mol. The van der Waals surface area contributed by atoms with Crippen LogP contribution in [-0.2, 0) is 0 Å². The minimum absolute atomic E-state index is 0.797. The van der Waals surface area contributed by atoms with Gasteiger partial charge in [0.05, 0.1) is 5.56 Å². The van der Waals surface area contributed by atoms with E-state index in [9.17, 15) is 0 Å². The van der Waals surface area contributed by atoms with E-state index in [-0.39, 0.29) is 0 Å². The number of hydrogen-bond donors (Lipinski definition) is 0. The molecule has 70 valence electrons. The SMILES string of the molecule is CSc1cc(I)cc2scc(C#N)c12. The Kier molecular flexibility index (Phi) is 3.00. The molecule has 14 heavy (non-hydrogen) atoms. The van der Waals surface area contributed by atoms with Crippen molar-refractivity contribution in [3.63, 3.8) is 0 Å². The van der Waals surface area contributed by atoms with Crippen LogP contribution in [0.25, 0.3) is 10.1 Å². The molecule has 0 unspecified atom stereocenters. The van der Waals surface area contributed by atoms with E-state index in [1.54, 1.807) is 23.1 Å². The number of benzene rings is 1. The molecule has 1 aromatic heterocycles. The molecule has 1 aromatic carbocycles. The minimum atomic E-state index is 0.797. The lowest BCUT2D eigenvalue weighted by Crippen LogP contribution is -1.78. The van der Waals surface area contributed by atoms with E-state index in [0.29, 0.717) is 0 Å². The Morgan fingerprint density at radius 3 is 2.93 bits per heavy atom. The Hall–Kier alpha value is -0.250. The first-order valence-electron chi connectivity index (χ1n) is 3.91. The van der Waals surface area contributed by atoms with Gasteiger partial charge in [0.2, 0.25) is 0 Å². The van der Waals surface area contributed by atoms with E-state index < -0.39 is 0 Å². The van der Waals surface area contributed by atoms with Gasteiger partial charge in [0, 0.05) is 23.9 Å². The Bertz CT molecular complexity index is 525. The molecule has 0 saturated heterocycles. The summed E-state index contributed by atoms with van der Waals surface area (Å²) in [7, 11) is 0. The van der Waals surface area contributed by atoms with Crippen LogP contribution in [0.5, 0.6) is 0 Å². The highest BCUT2D eigenvalue weighted by Crippen LogP contribution is 2.34. The fourth-order valence-electron chi connectivity index (χ4n) is 1.34. The van der Waals surface area contributed by atoms with E-state index in [1.807, 2.05) is 11.6 Å². The summed E-state index contributed by atoms with van der Waals surface area (Å²) >= 11 is 5.65. The topological polar surface area (TPSA) is 23.8 Å². The lowest BCUT2D eigenvalue weighted by atomic mass is 10.2. The van der Waals surface area contributed by atoms with Crippen LogP contribution in [-0.4, -0.2) is 6.26 Å². The van der Waals surface area contributed by atoms with Crippen LogP contribution >= 0.6 is 45.7 Å². The Balaban J connectivity index is 2.87. The second-order valence-electron chi connectivity index (χ2n) is 2.74. The molecule has 0 spiro atoms. The van der Waals surface area contributed by atoms with Gasteiger partial charge in [-0.2, -0.15) is 5.26 Å². The number of fused-ring (bicyclic) bond motifs is 1. The minimum Gasteiger partial charge on any atom is -0.192 e. The third-order valence-corrected chi connectivity index (χ3v) is 4.26. The molecular weight excluding hydrogens is 325 g/mol. The molecule has 0 saturated carbocycles. The fraction of sp³-hybridized carbons (Fsp3) is 0.100. The number of thiophene rings is 1. The van der Waals surface area contributed by atoms with Gasteiger partial charge in [0.15, 0.2) is 0 Å². The van der Waals surface area contributed by atoms with E-state index in [4.69, 9.17) is 5.26 Å². The first kappa shape index (κ1) is 10.3. The molecule has 1 heterocycles. The van der Waals surface area contributed by atoms with Crippen molar-refractivity contribution >= 4 is 55.8 Å². The predicted octanol–water partition coefficient (Wildman–Crippen LogP) is 4.10. The van der Waals surface area contributed by atoms with Gasteiger partial charge in [-0.1, -0.05) is 0 Å². The highest BCUT2D eigenvalue weighted by atomic mass is 127. The second-order valence-corrected chi connectivity index (χ2v) is 5.75. The third-order valence-electron chi connectivity index (χ3n) is 1.94. The maximum Gasteiger partial charge on any atom is 0.101 e. The van der Waals surface area contributed by atoms with Crippen LogP contribution in [0, 0.1) is 14.9 Å². The van der Waals surface area contributed by atoms with Gasteiger partial charge in [-0.3, -0.25) is 0 Å². The molecule has 4 heteroatoms. The third kappa shape index (κ3) is 1.64. The van der Waals surface area contributed by atoms with Crippen LogP contribution in [0.1, 0.15) is 5.56 Å². The molecular formula is C10H6INS2. The molecule has 0 aliphatic rings. The summed E-state index contributed by atoms with van der Waals surface area (Å²) in [5.41, 5.74) is 0.797. The highest BCUT2D eigenvalue weighted by Gasteiger charge is 2.09. The lowest BCUT2D eigenvalue weighted by molar-refractivity contribution is 1.49. The number of thioether (sulfide) groups is 1. The zero-order valence-electron chi connectivity index (χ0n) is 7.37. The van der Waals surface area contributed by atoms with Crippen LogP contribution in [0.15, 0.2) is 22.4 Å². The van der Waals surface area contributed by atoms with Gasteiger partial charge in [-0.15, -0.1) is 23.1 Å². The number of rotatable bonds is 1. The molecule has 1 nitrogen and oxygen atoms in total. The summed E-state index contributed by atoms with van der Waals surface area (Å²) in [6.07, 6.45) is 2.05. The quantitative estimate of drug-likeness (QED) is 0.580. The fourth-order valence-corrected chi connectivity index (χ4v) is 4.07. The Morgan fingerprint density at radius 1 is 1.50 bits per heavy atom. The zero-order valence-corrected chi connectivity index (χ0v) is 11.2. The maximum absolute atomic E-state index is 8.96. The Morgan fingerprint density at radius 2 is 2.29 bits per heavy atom. The Labute approximate surface area is 104 Å². The summed E-state index contributed by atoms with van der Waals surface area (Å²) < 4.78 is 2.43. The molecule has 0 atom stereocenters. The first-order chi connectivity index (χ1) is 6.76. The summed E-state index contributed by atoms with van der Waals surface area (Å²) in [5, 5.41) is 12.0. The van der Waals surface area contributed by atoms with Crippen molar-refractivity contribution in [3.8, 4) is 6.07 Å². The summed E-state index contributed by atoms with van der Waals surface area (Å²) in [6.45, 7) is 0. The van der Waals surface area contributed by atoms with Gasteiger partial charge < -0.3 is 0 Å². The number of nitrogens with zero attached hydrogens (tertiary/aromatic N) is 1. The van der Waals surface area contributed by atoms with Crippen LogP contribution in [0.4, 0.5) is 0 Å². The molecule has 0 aliphatic carbocycles. The predicted molar refractivity (Wildman–Crippen MR) is 71.0 cm³/mol. The van der Waals surface area contributed by atoms with Crippen LogP contribution in [0.2, 0.25) is 0 Å². The van der Waals surface area contributed by atoms with Crippen molar-refractivity contribution < 1.29 is 0 Å². The van der Waals surface area contributed by atoms with Gasteiger partial charge >= 0.3 is 0 Å². The number of hydrogen-bond acceptors (Lipinski definition) is 3. The highest BCUT2D eigenvalue weighted by molar-refractivity contribution is 14.1. The summed E-state index contributed by atoms with van der Waals surface area (Å²) in [6, 6.07) is 6.49. The largest absolute Gasteiger partial charge is 0.192 e. The normalized spacial score (nSPS) is 10.4. The van der Waals surface area contributed by atoms with E-state index >= 15 is 0 Å². The molecule has 2 aromatic rings. The van der Waals surface area contributed by atoms with Gasteiger partial charge in [0.1, 0.15) is 6.07 Å². The summed E-state index contributed by atoms with van der Waals surface area (Å²) in [5.74, 6) is 0. The second kappa shape index (κ2) is 4.09. The van der Waals surface area contributed by atoms with Crippen molar-refractivity contribution in [1.29, 1.82) is 5.26 Å². The molecule has 0 amide bonds. The molecule has 2 rings (SSSR count). The van der Waals surface area contributed by atoms with Crippen molar-refractivity contribution in [2.24, 2.45) is 0 Å². The van der Waals surface area contributed by atoms with E-state index in [1.165, 1.54) is 13.2 Å². The number of nitriles is 1. The lowest BCUT2D eigenvalue weighted by Gasteiger charge is -2.00. The van der Waals surface area contributed by atoms with Crippen LogP contribution in [0.3, 0.4) is 0 Å². The smallest absolute Gasteiger partial charge is 0.101 e. The molecule has 0 N–H and O–H groups in total. The average molecular weight is 331 g/mol. The molecule has 0 aliphatic heterocycles. The van der Waals surface area contributed by atoms with Crippen LogP contribution < -0.4 is 0 Å². The number of halogens is 1. The molecule has 0 radical (unpaired) electrons. The van der Waals surface area contributed by atoms with Crippen molar-refractivity contribution in [2.45, 2.75) is 4.90 Å². The van der Waals surface area contributed by atoms with Crippen molar-refractivity contribution in [1.82, 2.24) is 0 Å². The first-order valence-corrected chi connectivity index (χ1v) is 7.09. The van der Waals surface area contributed by atoms with Crippen molar-refractivity contribution in [3.05, 3.63) is 26.6 Å². The van der Waals surface area contributed by atoms with E-state index in [2.05, 4.69) is 40.8 Å². The van der Waals surface area contributed by atoms with Gasteiger partial charge in [-0.05, 0) is 41.0 Å². The molecule has 0 fully saturated rings. The van der Waals surface area contributed by atoms with Gasteiger partial charge in [-0.25, -0.2) is 0 Å². The standard InChI is InChI=1S/C10H6INS2/c1-13-8-2-7(11)3-9-10(8)6(4-12)5-14-9/h2-3,5H,1H3. The zero-order chi connectivity index (χ0) is 10.1. The maximum atomic E-state index is 8.96. The van der Waals surface area contributed by atoms with Crippen molar-refractivity contribution in [2.75, 3.05) is 6.26 Å². The molecule has 0 bridgehead atoms.